The van der Waals surface area contributed by atoms with E-state index in [1.807, 2.05) is 0 Å². The van der Waals surface area contributed by atoms with Crippen molar-refractivity contribution in [1.82, 2.24) is 4.90 Å². The van der Waals surface area contributed by atoms with Crippen molar-refractivity contribution >= 4 is 66.8 Å². The maximum atomic E-state index is 12.8. The molecule has 1 heterocycles. The predicted octanol–water partition coefficient (Wildman–Crippen LogP) is 4.78. The van der Waals surface area contributed by atoms with Gasteiger partial charge in [-0.3, -0.25) is 14.5 Å². The zero-order valence-electron chi connectivity index (χ0n) is 15.1. The largest absolute Gasteiger partial charge is 0.480 e. The summed E-state index contributed by atoms with van der Waals surface area (Å²) in [5.41, 5.74) is 1.61. The number of hydrogen-bond acceptors (Lipinski definition) is 6. The zero-order valence-corrected chi connectivity index (χ0v) is 19.1. The molecule has 3 rings (SSSR count). The highest BCUT2D eigenvalue weighted by atomic mass is 79.9. The minimum absolute atomic E-state index is 0.0150. The van der Waals surface area contributed by atoms with E-state index in [9.17, 15) is 19.6 Å². The first kappa shape index (κ1) is 22.1. The lowest BCUT2D eigenvalue weighted by molar-refractivity contribution is -0.139. The standard InChI is InChI=1S/C20H12Br2N2O5S/c21-14-5-11(6-15(22)18(14)29-10-17(25)26)7-16-19(27)24(20(28)30-16)9-13-4-2-1-3-12(13)8-23/h1-7H,9-10H2,(H,25,26)/b16-7+. The molecule has 30 heavy (non-hydrogen) atoms. The van der Waals surface area contributed by atoms with Gasteiger partial charge in [-0.1, -0.05) is 18.2 Å². The van der Waals surface area contributed by atoms with E-state index in [2.05, 4.69) is 37.9 Å². The lowest BCUT2D eigenvalue weighted by atomic mass is 10.1. The lowest BCUT2D eigenvalue weighted by Gasteiger charge is -2.13. The Morgan fingerprint density at radius 3 is 2.53 bits per heavy atom. The third kappa shape index (κ3) is 4.92. The Bertz CT molecular complexity index is 1100. The summed E-state index contributed by atoms with van der Waals surface area (Å²) in [7, 11) is 0. The van der Waals surface area contributed by atoms with Gasteiger partial charge in [-0.15, -0.1) is 0 Å². The van der Waals surface area contributed by atoms with E-state index in [1.54, 1.807) is 42.5 Å². The number of carboxylic acid groups (broad SMARTS) is 1. The maximum absolute atomic E-state index is 12.8. The quantitative estimate of drug-likeness (QED) is 0.514. The molecular formula is C20H12Br2N2O5S. The van der Waals surface area contributed by atoms with Crippen LogP contribution in [-0.4, -0.2) is 33.7 Å². The van der Waals surface area contributed by atoms with Gasteiger partial charge in [0, 0.05) is 0 Å². The number of thioether (sulfide) groups is 1. The number of halogens is 2. The Hall–Kier alpha value is -2.61. The van der Waals surface area contributed by atoms with Crippen LogP contribution in [0.4, 0.5) is 4.79 Å². The van der Waals surface area contributed by atoms with Gasteiger partial charge in [-0.2, -0.15) is 5.26 Å². The molecule has 2 amide bonds. The van der Waals surface area contributed by atoms with E-state index in [-0.39, 0.29) is 11.4 Å². The van der Waals surface area contributed by atoms with Gasteiger partial charge in [-0.25, -0.2) is 4.79 Å². The minimum Gasteiger partial charge on any atom is -0.480 e. The second-order valence-electron chi connectivity index (χ2n) is 6.03. The molecule has 2 aromatic carbocycles. The molecule has 1 fully saturated rings. The van der Waals surface area contributed by atoms with Gasteiger partial charge in [0.25, 0.3) is 11.1 Å². The van der Waals surface area contributed by atoms with Crippen LogP contribution in [0.25, 0.3) is 6.08 Å². The molecule has 10 heteroatoms. The smallest absolute Gasteiger partial charge is 0.341 e. The van der Waals surface area contributed by atoms with E-state index in [4.69, 9.17) is 9.84 Å². The van der Waals surface area contributed by atoms with Gasteiger partial charge >= 0.3 is 5.97 Å². The molecule has 1 saturated heterocycles. The van der Waals surface area contributed by atoms with E-state index in [0.29, 0.717) is 31.4 Å². The van der Waals surface area contributed by atoms with Crippen molar-refractivity contribution in [3.05, 3.63) is 66.9 Å². The first-order chi connectivity index (χ1) is 14.3. The molecule has 0 bridgehead atoms. The summed E-state index contributed by atoms with van der Waals surface area (Å²) in [5, 5.41) is 17.5. The molecule has 0 spiro atoms. The van der Waals surface area contributed by atoms with Crippen molar-refractivity contribution in [3.8, 4) is 11.8 Å². The molecule has 0 radical (unpaired) electrons. The fourth-order valence-corrected chi connectivity index (χ4v) is 4.95. The van der Waals surface area contributed by atoms with E-state index in [0.717, 1.165) is 16.7 Å². The number of carbonyl (C=O) groups excluding carboxylic acids is 2. The minimum atomic E-state index is -1.11. The molecular weight excluding hydrogens is 540 g/mol. The topological polar surface area (TPSA) is 108 Å². The van der Waals surface area contributed by atoms with Crippen LogP contribution in [0.15, 0.2) is 50.2 Å². The third-order valence-corrected chi connectivity index (χ3v) is 6.08. The molecule has 1 N–H and O–H groups in total. The average molecular weight is 552 g/mol. The van der Waals surface area contributed by atoms with Crippen LogP contribution in [0.5, 0.6) is 5.75 Å². The zero-order chi connectivity index (χ0) is 21.8. The number of imide groups is 1. The number of hydrogen-bond donors (Lipinski definition) is 1. The molecule has 1 aliphatic heterocycles. The van der Waals surface area contributed by atoms with Gasteiger partial charge in [-0.05, 0) is 79.0 Å². The van der Waals surface area contributed by atoms with Crippen molar-refractivity contribution in [1.29, 1.82) is 5.26 Å². The number of aliphatic carboxylic acids is 1. The van der Waals surface area contributed by atoms with Crippen LogP contribution < -0.4 is 4.74 Å². The summed E-state index contributed by atoms with van der Waals surface area (Å²) in [6.45, 7) is -0.485. The molecule has 0 aromatic heterocycles. The summed E-state index contributed by atoms with van der Waals surface area (Å²) < 4.78 is 6.21. The summed E-state index contributed by atoms with van der Waals surface area (Å²) in [6, 6.07) is 12.2. The Labute approximate surface area is 192 Å². The Morgan fingerprint density at radius 2 is 1.90 bits per heavy atom. The summed E-state index contributed by atoms with van der Waals surface area (Å²) >= 11 is 7.45. The normalized spacial score (nSPS) is 14.8. The number of nitriles is 1. The number of ether oxygens (including phenoxy) is 1. The summed E-state index contributed by atoms with van der Waals surface area (Å²) in [5.74, 6) is -1.24. The van der Waals surface area contributed by atoms with Crippen LogP contribution in [0.2, 0.25) is 0 Å². The molecule has 0 aliphatic carbocycles. The average Bonchev–Trinajstić information content (AvgIpc) is 2.95. The van der Waals surface area contributed by atoms with Gasteiger partial charge in [0.1, 0.15) is 5.75 Å². The number of amides is 2. The van der Waals surface area contributed by atoms with Crippen LogP contribution in [0.3, 0.4) is 0 Å². The highest BCUT2D eigenvalue weighted by Gasteiger charge is 2.35. The highest BCUT2D eigenvalue weighted by molar-refractivity contribution is 9.11. The van der Waals surface area contributed by atoms with Gasteiger partial charge in [0.15, 0.2) is 6.61 Å². The number of nitrogens with zero attached hydrogens (tertiary/aromatic N) is 2. The SMILES string of the molecule is N#Cc1ccccc1CN1C(=O)S/C(=C/c2cc(Br)c(OCC(=O)O)c(Br)c2)C1=O. The summed E-state index contributed by atoms with van der Waals surface area (Å²) in [4.78, 5) is 37.2. The maximum Gasteiger partial charge on any atom is 0.341 e. The Morgan fingerprint density at radius 1 is 1.23 bits per heavy atom. The van der Waals surface area contributed by atoms with Crippen molar-refractivity contribution < 1.29 is 24.2 Å². The Kier molecular flexibility index (Phi) is 6.97. The molecule has 0 saturated carbocycles. The molecule has 152 valence electrons. The number of rotatable bonds is 6. The van der Waals surface area contributed by atoms with Crippen molar-refractivity contribution in [2.75, 3.05) is 6.61 Å². The molecule has 7 nitrogen and oxygen atoms in total. The van der Waals surface area contributed by atoms with Crippen molar-refractivity contribution in [2.45, 2.75) is 6.54 Å². The summed E-state index contributed by atoms with van der Waals surface area (Å²) in [6.07, 6.45) is 1.57. The van der Waals surface area contributed by atoms with Gasteiger partial charge in [0.05, 0.1) is 32.0 Å². The predicted molar refractivity (Wildman–Crippen MR) is 118 cm³/mol. The van der Waals surface area contributed by atoms with E-state index in [1.165, 1.54) is 0 Å². The molecule has 0 atom stereocenters. The highest BCUT2D eigenvalue weighted by Crippen LogP contribution is 2.38. The van der Waals surface area contributed by atoms with E-state index >= 15 is 0 Å². The monoisotopic (exact) mass is 550 g/mol. The van der Waals surface area contributed by atoms with Gasteiger partial charge < -0.3 is 9.84 Å². The first-order valence-electron chi connectivity index (χ1n) is 8.37. The second-order valence-corrected chi connectivity index (χ2v) is 8.73. The number of carbonyl (C=O) groups is 3. The molecule has 0 unspecified atom stereocenters. The number of benzene rings is 2. The van der Waals surface area contributed by atoms with Crippen LogP contribution in [0, 0.1) is 11.3 Å². The molecule has 1 aliphatic rings. The lowest BCUT2D eigenvalue weighted by Crippen LogP contribution is -2.27. The Balaban J connectivity index is 1.83. The first-order valence-corrected chi connectivity index (χ1v) is 10.8. The van der Waals surface area contributed by atoms with E-state index < -0.39 is 23.7 Å². The van der Waals surface area contributed by atoms with Crippen LogP contribution in [-0.2, 0) is 16.1 Å². The fourth-order valence-electron chi connectivity index (χ4n) is 2.66. The van der Waals surface area contributed by atoms with Crippen molar-refractivity contribution in [2.24, 2.45) is 0 Å². The number of carboxylic acids is 1. The molecule has 2 aromatic rings. The fraction of sp³-hybridized carbons (Fsp3) is 0.100. The van der Waals surface area contributed by atoms with Crippen LogP contribution >= 0.6 is 43.6 Å². The van der Waals surface area contributed by atoms with Crippen molar-refractivity contribution in [3.63, 3.8) is 0 Å². The third-order valence-electron chi connectivity index (χ3n) is 4.00. The second kappa shape index (κ2) is 9.47. The van der Waals surface area contributed by atoms with Gasteiger partial charge in [0.2, 0.25) is 0 Å². The van der Waals surface area contributed by atoms with Crippen LogP contribution in [0.1, 0.15) is 16.7 Å².